The van der Waals surface area contributed by atoms with E-state index in [4.69, 9.17) is 5.11 Å². The van der Waals surface area contributed by atoms with E-state index < -0.39 is 11.9 Å². The normalized spacial score (nSPS) is 12.1. The lowest BCUT2D eigenvalue weighted by Crippen LogP contribution is -2.32. The monoisotopic (exact) mass is 298 g/mol. The molecule has 1 rings (SSSR count). The van der Waals surface area contributed by atoms with Crippen LogP contribution in [0.5, 0.6) is 0 Å². The molecule has 1 atom stereocenters. The number of carboxylic acids is 1. The van der Waals surface area contributed by atoms with E-state index in [0.29, 0.717) is 12.8 Å². The highest BCUT2D eigenvalue weighted by Crippen LogP contribution is 2.10. The van der Waals surface area contributed by atoms with Crippen LogP contribution in [-0.2, 0) is 16.0 Å². The van der Waals surface area contributed by atoms with Crippen molar-refractivity contribution in [3.8, 4) is 0 Å². The van der Waals surface area contributed by atoms with Crippen LogP contribution in [0.15, 0.2) is 5.38 Å². The Morgan fingerprint density at radius 3 is 2.80 bits per heavy atom. The Hall–Kier alpha value is -1.43. The standard InChI is InChI=1S/C14H22N2O3S/c1-3-5-11(14(18)19)8-15-13(17)7-4-6-12-9-20-10(2)16-12/h9,11H,3-8H2,1-2H3,(H,15,17)(H,18,19). The van der Waals surface area contributed by atoms with Gasteiger partial charge >= 0.3 is 5.97 Å². The van der Waals surface area contributed by atoms with Crippen LogP contribution in [0.3, 0.4) is 0 Å². The van der Waals surface area contributed by atoms with Crippen LogP contribution in [0.4, 0.5) is 0 Å². The number of carbonyl (C=O) groups is 2. The molecule has 112 valence electrons. The van der Waals surface area contributed by atoms with Crippen molar-refractivity contribution in [2.24, 2.45) is 5.92 Å². The summed E-state index contributed by atoms with van der Waals surface area (Å²) in [5.74, 6) is -1.41. The minimum Gasteiger partial charge on any atom is -0.481 e. The molecule has 1 heterocycles. The second kappa shape index (κ2) is 8.68. The Labute approximate surface area is 123 Å². The summed E-state index contributed by atoms with van der Waals surface area (Å²) in [6.45, 7) is 4.12. The Morgan fingerprint density at radius 1 is 1.50 bits per heavy atom. The molecule has 0 spiro atoms. The Bertz CT molecular complexity index is 445. The summed E-state index contributed by atoms with van der Waals surface area (Å²) in [4.78, 5) is 26.9. The van der Waals surface area contributed by atoms with Gasteiger partial charge in [0.2, 0.25) is 5.91 Å². The van der Waals surface area contributed by atoms with E-state index in [1.165, 1.54) is 0 Å². The molecular formula is C14H22N2O3S. The number of thiazole rings is 1. The van der Waals surface area contributed by atoms with Crippen molar-refractivity contribution in [1.29, 1.82) is 0 Å². The molecule has 1 aromatic heterocycles. The zero-order chi connectivity index (χ0) is 15.0. The van der Waals surface area contributed by atoms with Gasteiger partial charge in [-0.2, -0.15) is 0 Å². The van der Waals surface area contributed by atoms with E-state index in [9.17, 15) is 9.59 Å². The topological polar surface area (TPSA) is 79.3 Å². The van der Waals surface area contributed by atoms with Crippen LogP contribution in [0.25, 0.3) is 0 Å². The second-order valence-electron chi connectivity index (χ2n) is 4.84. The average molecular weight is 298 g/mol. The number of hydrogen-bond acceptors (Lipinski definition) is 4. The number of aromatic nitrogens is 1. The first kappa shape index (κ1) is 16.6. The zero-order valence-electron chi connectivity index (χ0n) is 12.0. The molecule has 2 N–H and O–H groups in total. The van der Waals surface area contributed by atoms with Crippen LogP contribution in [0.1, 0.15) is 43.3 Å². The number of carbonyl (C=O) groups excluding carboxylic acids is 1. The predicted molar refractivity (Wildman–Crippen MR) is 78.8 cm³/mol. The lowest BCUT2D eigenvalue weighted by molar-refractivity contribution is -0.141. The van der Waals surface area contributed by atoms with Crippen molar-refractivity contribution < 1.29 is 14.7 Å². The molecule has 0 fully saturated rings. The molecule has 6 heteroatoms. The SMILES string of the molecule is CCCC(CNC(=O)CCCc1csc(C)n1)C(=O)O. The van der Waals surface area contributed by atoms with Crippen LogP contribution in [0, 0.1) is 12.8 Å². The van der Waals surface area contributed by atoms with E-state index in [-0.39, 0.29) is 12.5 Å². The van der Waals surface area contributed by atoms with Crippen molar-refractivity contribution in [3.05, 3.63) is 16.1 Å². The maximum absolute atomic E-state index is 11.6. The molecule has 0 aliphatic rings. The van der Waals surface area contributed by atoms with Gasteiger partial charge in [0.05, 0.1) is 16.6 Å². The molecule has 0 aliphatic carbocycles. The first-order chi connectivity index (χ1) is 9.52. The fraction of sp³-hybridized carbons (Fsp3) is 0.643. The molecule has 0 bridgehead atoms. The Balaban J connectivity index is 2.21. The molecular weight excluding hydrogens is 276 g/mol. The third-order valence-electron chi connectivity index (χ3n) is 3.04. The number of amides is 1. The molecule has 1 amide bonds. The van der Waals surface area contributed by atoms with Crippen molar-refractivity contribution in [1.82, 2.24) is 10.3 Å². The third-order valence-corrected chi connectivity index (χ3v) is 3.86. The van der Waals surface area contributed by atoms with Crippen LogP contribution in [0.2, 0.25) is 0 Å². The van der Waals surface area contributed by atoms with Gasteiger partial charge in [0.25, 0.3) is 0 Å². The number of aliphatic carboxylic acids is 1. The summed E-state index contributed by atoms with van der Waals surface area (Å²) in [6.07, 6.45) is 3.33. The second-order valence-corrected chi connectivity index (χ2v) is 5.90. The third kappa shape index (κ3) is 6.14. The van der Waals surface area contributed by atoms with Crippen molar-refractivity contribution in [2.75, 3.05) is 6.54 Å². The van der Waals surface area contributed by atoms with E-state index in [0.717, 1.165) is 30.0 Å². The molecule has 1 unspecified atom stereocenters. The van der Waals surface area contributed by atoms with E-state index in [1.54, 1.807) is 11.3 Å². The van der Waals surface area contributed by atoms with Gasteiger partial charge in [-0.1, -0.05) is 13.3 Å². The minimum absolute atomic E-state index is 0.0840. The number of hydrogen-bond donors (Lipinski definition) is 2. The molecule has 0 aromatic carbocycles. The summed E-state index contributed by atoms with van der Waals surface area (Å²) < 4.78 is 0. The van der Waals surface area contributed by atoms with Gasteiger partial charge in [0.1, 0.15) is 0 Å². The summed E-state index contributed by atoms with van der Waals surface area (Å²) in [6, 6.07) is 0. The van der Waals surface area contributed by atoms with Gasteiger partial charge in [-0.05, 0) is 26.2 Å². The smallest absolute Gasteiger partial charge is 0.308 e. The largest absolute Gasteiger partial charge is 0.481 e. The van der Waals surface area contributed by atoms with Crippen molar-refractivity contribution in [3.63, 3.8) is 0 Å². The van der Waals surface area contributed by atoms with E-state index >= 15 is 0 Å². The zero-order valence-corrected chi connectivity index (χ0v) is 12.8. The molecule has 1 aromatic rings. The van der Waals surface area contributed by atoms with Crippen molar-refractivity contribution >= 4 is 23.2 Å². The van der Waals surface area contributed by atoms with Gasteiger partial charge in [0, 0.05) is 18.3 Å². The fourth-order valence-corrected chi connectivity index (χ4v) is 2.59. The van der Waals surface area contributed by atoms with Gasteiger partial charge in [-0.15, -0.1) is 11.3 Å². The van der Waals surface area contributed by atoms with Crippen molar-refractivity contribution in [2.45, 2.75) is 46.0 Å². The molecule has 20 heavy (non-hydrogen) atoms. The average Bonchev–Trinajstić information content (AvgIpc) is 2.80. The number of rotatable bonds is 9. The molecule has 5 nitrogen and oxygen atoms in total. The summed E-state index contributed by atoms with van der Waals surface area (Å²) in [5, 5.41) is 14.7. The van der Waals surface area contributed by atoms with Gasteiger partial charge < -0.3 is 10.4 Å². The maximum atomic E-state index is 11.6. The van der Waals surface area contributed by atoms with Crippen LogP contribution < -0.4 is 5.32 Å². The summed E-state index contributed by atoms with van der Waals surface area (Å²) >= 11 is 1.61. The first-order valence-corrected chi connectivity index (χ1v) is 7.81. The van der Waals surface area contributed by atoms with Crippen LogP contribution >= 0.6 is 11.3 Å². The first-order valence-electron chi connectivity index (χ1n) is 6.93. The Morgan fingerprint density at radius 2 is 2.25 bits per heavy atom. The summed E-state index contributed by atoms with van der Waals surface area (Å²) in [7, 11) is 0. The lowest BCUT2D eigenvalue weighted by Gasteiger charge is -2.12. The highest BCUT2D eigenvalue weighted by atomic mass is 32.1. The highest BCUT2D eigenvalue weighted by Gasteiger charge is 2.16. The van der Waals surface area contributed by atoms with E-state index in [2.05, 4.69) is 10.3 Å². The molecule has 0 saturated carbocycles. The molecule has 0 saturated heterocycles. The van der Waals surface area contributed by atoms with Gasteiger partial charge in [-0.25, -0.2) is 4.98 Å². The maximum Gasteiger partial charge on any atom is 0.308 e. The van der Waals surface area contributed by atoms with E-state index in [1.807, 2.05) is 19.2 Å². The number of aryl methyl sites for hydroxylation is 2. The minimum atomic E-state index is -0.843. The number of carboxylic acid groups (broad SMARTS) is 1. The van der Waals surface area contributed by atoms with Gasteiger partial charge in [0.15, 0.2) is 0 Å². The summed E-state index contributed by atoms with van der Waals surface area (Å²) in [5.41, 5.74) is 1.02. The quantitative estimate of drug-likeness (QED) is 0.733. The number of nitrogens with one attached hydrogen (secondary N) is 1. The fourth-order valence-electron chi connectivity index (χ4n) is 1.94. The molecule has 0 aliphatic heterocycles. The predicted octanol–water partition coefficient (Wildman–Crippen LogP) is 2.39. The van der Waals surface area contributed by atoms with Crippen LogP contribution in [-0.4, -0.2) is 28.5 Å². The lowest BCUT2D eigenvalue weighted by atomic mass is 10.0. The highest BCUT2D eigenvalue weighted by molar-refractivity contribution is 7.09. The molecule has 0 radical (unpaired) electrons. The number of nitrogens with zero attached hydrogens (tertiary/aromatic N) is 1. The van der Waals surface area contributed by atoms with Gasteiger partial charge in [-0.3, -0.25) is 9.59 Å². The Kier molecular flexibility index (Phi) is 7.22.